The van der Waals surface area contributed by atoms with Gasteiger partial charge in [0.15, 0.2) is 11.5 Å². The summed E-state index contributed by atoms with van der Waals surface area (Å²) >= 11 is 0. The van der Waals surface area contributed by atoms with Gasteiger partial charge >= 0.3 is 0 Å². The fourth-order valence-corrected chi connectivity index (χ4v) is 3.71. The van der Waals surface area contributed by atoms with Gasteiger partial charge in [-0.15, -0.1) is 0 Å². The summed E-state index contributed by atoms with van der Waals surface area (Å²) in [6.45, 7) is 1.38. The fourth-order valence-electron chi connectivity index (χ4n) is 3.71. The molecule has 4 rings (SSSR count). The van der Waals surface area contributed by atoms with Crippen LogP contribution in [0.2, 0.25) is 0 Å². The minimum atomic E-state index is -0.187. The maximum atomic E-state index is 12.9. The van der Waals surface area contributed by atoms with Crippen LogP contribution in [0.5, 0.6) is 11.5 Å². The molecule has 0 saturated carbocycles. The minimum Gasteiger partial charge on any atom is -0.493 e. The van der Waals surface area contributed by atoms with Crippen LogP contribution < -0.4 is 20.3 Å². The monoisotopic (exact) mass is 462 g/mol. The average Bonchev–Trinajstić information content (AvgIpc) is 3.37. The number of hydrogen-bond donors (Lipinski definition) is 1. The van der Waals surface area contributed by atoms with E-state index < -0.39 is 0 Å². The van der Waals surface area contributed by atoms with E-state index in [0.717, 1.165) is 11.1 Å². The highest BCUT2D eigenvalue weighted by molar-refractivity contribution is 5.81. The third kappa shape index (κ3) is 5.22. The predicted octanol–water partition coefficient (Wildman–Crippen LogP) is 2.15. The van der Waals surface area contributed by atoms with Gasteiger partial charge in [-0.3, -0.25) is 14.2 Å². The Balaban J connectivity index is 1.34. The molecule has 4 aromatic rings. The average molecular weight is 463 g/mol. The third-order valence-electron chi connectivity index (χ3n) is 5.53. The van der Waals surface area contributed by atoms with Crippen LogP contribution in [0.4, 0.5) is 0 Å². The lowest BCUT2D eigenvalue weighted by Gasteiger charge is -2.12. The van der Waals surface area contributed by atoms with Gasteiger partial charge in [-0.25, -0.2) is 14.6 Å². The highest BCUT2D eigenvalue weighted by Crippen LogP contribution is 2.29. The van der Waals surface area contributed by atoms with E-state index in [2.05, 4.69) is 20.4 Å². The van der Waals surface area contributed by atoms with Gasteiger partial charge in [-0.05, 0) is 23.6 Å². The molecule has 0 aliphatic rings. The summed E-state index contributed by atoms with van der Waals surface area (Å²) in [4.78, 5) is 33.6. The molecule has 34 heavy (non-hydrogen) atoms. The zero-order valence-electron chi connectivity index (χ0n) is 19.1. The molecule has 176 valence electrons. The number of carbonyl (C=O) groups is 1. The molecule has 1 N–H and O–H groups in total. The van der Waals surface area contributed by atoms with Crippen LogP contribution in [0.25, 0.3) is 10.9 Å². The molecule has 0 bridgehead atoms. The number of fused-ring (bicyclic) bond motifs is 1. The van der Waals surface area contributed by atoms with Gasteiger partial charge < -0.3 is 14.8 Å². The predicted molar refractivity (Wildman–Crippen MR) is 126 cm³/mol. The minimum absolute atomic E-state index is 0.0799. The van der Waals surface area contributed by atoms with E-state index >= 15 is 0 Å². The molecule has 10 heteroatoms. The number of amides is 1. The molecule has 2 aromatic heterocycles. The van der Waals surface area contributed by atoms with Crippen LogP contribution in [0.1, 0.15) is 24.0 Å². The zero-order chi connectivity index (χ0) is 23.9. The van der Waals surface area contributed by atoms with Crippen molar-refractivity contribution in [3.05, 3.63) is 76.9 Å². The van der Waals surface area contributed by atoms with E-state index in [4.69, 9.17) is 9.47 Å². The molecule has 0 aliphatic carbocycles. The first-order valence-corrected chi connectivity index (χ1v) is 10.9. The number of methoxy groups -OCH3 is 2. The SMILES string of the molecule is COc1cc2ncn(CCCC(=O)NCc3ccccc3Cn3cncn3)c(=O)c2cc1OC. The second-order valence-electron chi connectivity index (χ2n) is 7.71. The normalized spacial score (nSPS) is 10.9. The van der Waals surface area contributed by atoms with Gasteiger partial charge in [0.05, 0.1) is 38.0 Å². The summed E-state index contributed by atoms with van der Waals surface area (Å²) in [5.41, 5.74) is 2.43. The van der Waals surface area contributed by atoms with Crippen molar-refractivity contribution in [2.75, 3.05) is 14.2 Å². The van der Waals surface area contributed by atoms with Crippen LogP contribution in [-0.4, -0.2) is 44.4 Å². The molecular weight excluding hydrogens is 436 g/mol. The maximum Gasteiger partial charge on any atom is 0.261 e. The molecule has 0 atom stereocenters. The van der Waals surface area contributed by atoms with Gasteiger partial charge in [0, 0.05) is 25.6 Å². The van der Waals surface area contributed by atoms with Gasteiger partial charge in [0.2, 0.25) is 5.91 Å². The Bertz CT molecular complexity index is 1330. The maximum absolute atomic E-state index is 12.9. The number of hydrogen-bond acceptors (Lipinski definition) is 7. The molecule has 2 heterocycles. The van der Waals surface area contributed by atoms with Crippen LogP contribution in [0.15, 0.2) is 60.2 Å². The molecule has 0 saturated heterocycles. The van der Waals surface area contributed by atoms with E-state index in [9.17, 15) is 9.59 Å². The molecule has 0 spiro atoms. The molecule has 1 amide bonds. The first kappa shape index (κ1) is 23.0. The second kappa shape index (κ2) is 10.6. The van der Waals surface area contributed by atoms with E-state index in [1.54, 1.807) is 23.1 Å². The lowest BCUT2D eigenvalue weighted by atomic mass is 10.1. The molecule has 0 unspecified atom stereocenters. The van der Waals surface area contributed by atoms with Crippen molar-refractivity contribution in [1.82, 2.24) is 29.6 Å². The summed E-state index contributed by atoms with van der Waals surface area (Å²) in [5, 5.41) is 7.53. The summed E-state index contributed by atoms with van der Waals surface area (Å²) in [7, 11) is 3.05. The van der Waals surface area contributed by atoms with Crippen molar-refractivity contribution < 1.29 is 14.3 Å². The summed E-state index contributed by atoms with van der Waals surface area (Å²) in [6.07, 6.45) is 5.45. The van der Waals surface area contributed by atoms with Crippen LogP contribution in [-0.2, 0) is 24.4 Å². The summed E-state index contributed by atoms with van der Waals surface area (Å²) in [6, 6.07) is 11.2. The Hall–Kier alpha value is -4.21. The van der Waals surface area contributed by atoms with Gasteiger partial charge in [-0.1, -0.05) is 24.3 Å². The summed E-state index contributed by atoms with van der Waals surface area (Å²) < 4.78 is 13.8. The third-order valence-corrected chi connectivity index (χ3v) is 5.53. The lowest BCUT2D eigenvalue weighted by Crippen LogP contribution is -2.25. The molecular formula is C24H26N6O4. The Morgan fingerprint density at radius 1 is 1.06 bits per heavy atom. The fraction of sp³-hybridized carbons (Fsp3) is 0.292. The first-order chi connectivity index (χ1) is 16.6. The smallest absolute Gasteiger partial charge is 0.261 e. The molecule has 0 aliphatic heterocycles. The number of aryl methyl sites for hydroxylation is 1. The first-order valence-electron chi connectivity index (χ1n) is 10.9. The zero-order valence-corrected chi connectivity index (χ0v) is 19.1. The van der Waals surface area contributed by atoms with Crippen LogP contribution >= 0.6 is 0 Å². The molecule has 2 aromatic carbocycles. The van der Waals surface area contributed by atoms with Gasteiger partial charge in [0.25, 0.3) is 5.56 Å². The van der Waals surface area contributed by atoms with E-state index in [0.29, 0.717) is 54.9 Å². The van der Waals surface area contributed by atoms with E-state index in [1.807, 2.05) is 24.3 Å². The van der Waals surface area contributed by atoms with Crippen LogP contribution in [0.3, 0.4) is 0 Å². The molecule has 10 nitrogen and oxygen atoms in total. The Morgan fingerprint density at radius 2 is 1.82 bits per heavy atom. The Morgan fingerprint density at radius 3 is 2.56 bits per heavy atom. The Kier molecular flexibility index (Phi) is 7.16. The standard InChI is InChI=1S/C24H26N6O4/c1-33-21-10-19-20(11-22(21)34-2)27-16-29(24(19)32)9-5-8-23(31)26-12-17-6-3-4-7-18(17)13-30-15-25-14-28-30/h3-4,6-7,10-11,14-16H,5,8-9,12-13H2,1-2H3,(H,26,31). The number of rotatable bonds is 10. The Labute approximate surface area is 196 Å². The highest BCUT2D eigenvalue weighted by Gasteiger charge is 2.12. The van der Waals surface area contributed by atoms with Gasteiger partial charge in [0.1, 0.15) is 12.7 Å². The summed E-state index contributed by atoms with van der Waals surface area (Å²) in [5.74, 6) is 0.901. The quantitative estimate of drug-likeness (QED) is 0.384. The number of carbonyl (C=O) groups excluding carboxylic acids is 1. The highest BCUT2D eigenvalue weighted by atomic mass is 16.5. The van der Waals surface area contributed by atoms with E-state index in [1.165, 1.54) is 31.4 Å². The van der Waals surface area contributed by atoms with Crippen molar-refractivity contribution in [2.45, 2.75) is 32.5 Å². The molecule has 0 fully saturated rings. The van der Waals surface area contributed by atoms with Crippen molar-refractivity contribution in [3.8, 4) is 11.5 Å². The number of aromatic nitrogens is 5. The second-order valence-corrected chi connectivity index (χ2v) is 7.71. The number of nitrogens with one attached hydrogen (secondary N) is 1. The number of nitrogens with zero attached hydrogens (tertiary/aromatic N) is 5. The number of ether oxygens (including phenoxy) is 2. The molecule has 0 radical (unpaired) electrons. The largest absolute Gasteiger partial charge is 0.493 e. The van der Waals surface area contributed by atoms with Crippen molar-refractivity contribution >= 4 is 16.8 Å². The topological polar surface area (TPSA) is 113 Å². The van der Waals surface area contributed by atoms with Gasteiger partial charge in [-0.2, -0.15) is 5.10 Å². The lowest BCUT2D eigenvalue weighted by molar-refractivity contribution is -0.121. The van der Waals surface area contributed by atoms with Crippen molar-refractivity contribution in [3.63, 3.8) is 0 Å². The van der Waals surface area contributed by atoms with Crippen LogP contribution in [0, 0.1) is 0 Å². The number of benzene rings is 2. The van der Waals surface area contributed by atoms with Crippen molar-refractivity contribution in [2.24, 2.45) is 0 Å². The van der Waals surface area contributed by atoms with E-state index in [-0.39, 0.29) is 11.5 Å². The van der Waals surface area contributed by atoms with Crippen molar-refractivity contribution in [1.29, 1.82) is 0 Å².